The number of ether oxygens (including phenoxy) is 1. The van der Waals surface area contributed by atoms with Crippen molar-refractivity contribution < 1.29 is 14.6 Å². The van der Waals surface area contributed by atoms with Gasteiger partial charge in [0.25, 0.3) is 0 Å². The van der Waals surface area contributed by atoms with Crippen LogP contribution in [0.15, 0.2) is 18.3 Å². The van der Waals surface area contributed by atoms with Crippen molar-refractivity contribution in [3.8, 4) is 0 Å². The monoisotopic (exact) mass is 261 g/mol. The minimum atomic E-state index is -1.01. The standard InChI is InChI=1S/C13H15N3O3/c17-13(18)11-10-2-1-5-14-12(10)16(15-11)8-9-3-6-19-7-4-9/h1-2,5,9H,3-4,6-8H2,(H,17,18). The minimum absolute atomic E-state index is 0.0789. The van der Waals surface area contributed by atoms with Gasteiger partial charge in [-0.1, -0.05) is 0 Å². The Bertz CT molecular complexity index is 602. The number of carboxylic acid groups (broad SMARTS) is 1. The largest absolute Gasteiger partial charge is 0.476 e. The molecule has 3 heterocycles. The summed E-state index contributed by atoms with van der Waals surface area (Å²) in [7, 11) is 0. The van der Waals surface area contributed by atoms with Crippen LogP contribution in [0, 0.1) is 5.92 Å². The molecule has 0 unspecified atom stereocenters. The van der Waals surface area contributed by atoms with Gasteiger partial charge in [0, 0.05) is 26.0 Å². The predicted molar refractivity (Wildman–Crippen MR) is 68.0 cm³/mol. The molecule has 3 rings (SSSR count). The first kappa shape index (κ1) is 12.1. The van der Waals surface area contributed by atoms with E-state index < -0.39 is 5.97 Å². The third-order valence-electron chi connectivity index (χ3n) is 3.48. The first-order chi connectivity index (χ1) is 9.25. The number of hydrogen-bond acceptors (Lipinski definition) is 4. The minimum Gasteiger partial charge on any atom is -0.476 e. The molecule has 2 aromatic heterocycles. The first-order valence-electron chi connectivity index (χ1n) is 6.38. The van der Waals surface area contributed by atoms with Gasteiger partial charge in [-0.05, 0) is 30.9 Å². The molecule has 0 atom stereocenters. The second kappa shape index (κ2) is 4.97. The number of carboxylic acids is 1. The molecule has 0 saturated carbocycles. The van der Waals surface area contributed by atoms with E-state index in [2.05, 4.69) is 10.1 Å². The van der Waals surface area contributed by atoms with E-state index in [1.165, 1.54) is 0 Å². The molecule has 1 N–H and O–H groups in total. The van der Waals surface area contributed by atoms with Crippen molar-refractivity contribution in [1.29, 1.82) is 0 Å². The van der Waals surface area contributed by atoms with Gasteiger partial charge in [0.15, 0.2) is 11.3 Å². The summed E-state index contributed by atoms with van der Waals surface area (Å²) >= 11 is 0. The van der Waals surface area contributed by atoms with Gasteiger partial charge in [-0.2, -0.15) is 5.10 Å². The second-order valence-electron chi connectivity index (χ2n) is 4.77. The summed E-state index contributed by atoms with van der Waals surface area (Å²) in [5.41, 5.74) is 0.724. The molecule has 2 aromatic rings. The molecule has 0 aromatic carbocycles. The Labute approximate surface area is 110 Å². The van der Waals surface area contributed by atoms with Crippen molar-refractivity contribution in [1.82, 2.24) is 14.8 Å². The van der Waals surface area contributed by atoms with Crippen LogP contribution in [0.25, 0.3) is 11.0 Å². The van der Waals surface area contributed by atoms with E-state index in [0.717, 1.165) is 26.1 Å². The molecular weight excluding hydrogens is 246 g/mol. The lowest BCUT2D eigenvalue weighted by Gasteiger charge is -2.21. The molecule has 6 nitrogen and oxygen atoms in total. The number of rotatable bonds is 3. The highest BCUT2D eigenvalue weighted by atomic mass is 16.5. The predicted octanol–water partition coefficient (Wildman–Crippen LogP) is 1.56. The van der Waals surface area contributed by atoms with E-state index in [1.54, 1.807) is 23.0 Å². The van der Waals surface area contributed by atoms with Gasteiger partial charge < -0.3 is 9.84 Å². The SMILES string of the molecule is O=C(O)c1nn(CC2CCOCC2)c2ncccc12. The number of nitrogens with zero attached hydrogens (tertiary/aromatic N) is 3. The lowest BCUT2D eigenvalue weighted by molar-refractivity contribution is 0.0600. The Morgan fingerprint density at radius 2 is 2.26 bits per heavy atom. The van der Waals surface area contributed by atoms with Crippen LogP contribution in [0.3, 0.4) is 0 Å². The van der Waals surface area contributed by atoms with Crippen molar-refractivity contribution >= 4 is 17.0 Å². The summed E-state index contributed by atoms with van der Waals surface area (Å²) in [6.45, 7) is 2.23. The number of hydrogen-bond donors (Lipinski definition) is 1. The van der Waals surface area contributed by atoms with Crippen molar-refractivity contribution in [2.45, 2.75) is 19.4 Å². The van der Waals surface area contributed by atoms with Crippen molar-refractivity contribution in [2.24, 2.45) is 5.92 Å². The fourth-order valence-electron chi connectivity index (χ4n) is 2.47. The van der Waals surface area contributed by atoms with E-state index in [9.17, 15) is 9.90 Å². The summed E-state index contributed by atoms with van der Waals surface area (Å²) in [4.78, 5) is 15.5. The van der Waals surface area contributed by atoms with Crippen molar-refractivity contribution in [3.05, 3.63) is 24.0 Å². The number of pyridine rings is 1. The van der Waals surface area contributed by atoms with Crippen LogP contribution >= 0.6 is 0 Å². The maximum absolute atomic E-state index is 11.2. The number of carbonyl (C=O) groups is 1. The lowest BCUT2D eigenvalue weighted by atomic mass is 10.0. The Hall–Kier alpha value is -1.95. The summed E-state index contributed by atoms with van der Waals surface area (Å²) in [5.74, 6) is -0.538. The molecule has 1 aliphatic heterocycles. The molecule has 0 spiro atoms. The molecule has 0 amide bonds. The first-order valence-corrected chi connectivity index (χ1v) is 6.38. The van der Waals surface area contributed by atoms with Gasteiger partial charge in [0.1, 0.15) is 0 Å². The topological polar surface area (TPSA) is 77.2 Å². The molecule has 0 bridgehead atoms. The third kappa shape index (κ3) is 2.31. The zero-order valence-electron chi connectivity index (χ0n) is 10.5. The molecule has 1 saturated heterocycles. The fourth-order valence-corrected chi connectivity index (χ4v) is 2.47. The van der Waals surface area contributed by atoms with E-state index >= 15 is 0 Å². The van der Waals surface area contributed by atoms with Crippen LogP contribution in [0.5, 0.6) is 0 Å². The average Bonchev–Trinajstić information content (AvgIpc) is 2.79. The van der Waals surface area contributed by atoms with Crippen LogP contribution < -0.4 is 0 Å². The number of aromatic nitrogens is 3. The van der Waals surface area contributed by atoms with Crippen molar-refractivity contribution in [2.75, 3.05) is 13.2 Å². The molecule has 6 heteroatoms. The van der Waals surface area contributed by atoms with Gasteiger partial charge in [0.05, 0.1) is 5.39 Å². The average molecular weight is 261 g/mol. The second-order valence-corrected chi connectivity index (χ2v) is 4.77. The van der Waals surface area contributed by atoms with Crippen LogP contribution in [0.4, 0.5) is 0 Å². The fraction of sp³-hybridized carbons (Fsp3) is 0.462. The van der Waals surface area contributed by atoms with E-state index in [0.29, 0.717) is 23.5 Å². The Kier molecular flexibility index (Phi) is 3.16. The summed E-state index contributed by atoms with van der Waals surface area (Å²) in [6.07, 6.45) is 3.63. The van der Waals surface area contributed by atoms with E-state index in [1.807, 2.05) is 0 Å². The quantitative estimate of drug-likeness (QED) is 0.907. The van der Waals surface area contributed by atoms with Gasteiger partial charge in [-0.25, -0.2) is 14.5 Å². The maximum atomic E-state index is 11.2. The van der Waals surface area contributed by atoms with Gasteiger partial charge in [-0.15, -0.1) is 0 Å². The molecule has 100 valence electrons. The molecular formula is C13H15N3O3. The Morgan fingerprint density at radius 3 is 3.00 bits per heavy atom. The zero-order chi connectivity index (χ0) is 13.2. The summed E-state index contributed by atoms with van der Waals surface area (Å²) < 4.78 is 7.05. The normalized spacial score (nSPS) is 16.8. The molecule has 1 fully saturated rings. The van der Waals surface area contributed by atoms with E-state index in [4.69, 9.17) is 4.74 Å². The highest BCUT2D eigenvalue weighted by Crippen LogP contribution is 2.21. The number of fused-ring (bicyclic) bond motifs is 1. The van der Waals surface area contributed by atoms with Gasteiger partial charge in [-0.3, -0.25) is 0 Å². The lowest BCUT2D eigenvalue weighted by Crippen LogP contribution is -2.21. The van der Waals surface area contributed by atoms with Crippen LogP contribution in [-0.4, -0.2) is 39.1 Å². The number of aromatic carboxylic acids is 1. The van der Waals surface area contributed by atoms with Gasteiger partial charge in [0.2, 0.25) is 0 Å². The summed E-state index contributed by atoms with van der Waals surface area (Å²) in [6, 6.07) is 3.48. The summed E-state index contributed by atoms with van der Waals surface area (Å²) in [5, 5.41) is 14.0. The Morgan fingerprint density at radius 1 is 1.47 bits per heavy atom. The third-order valence-corrected chi connectivity index (χ3v) is 3.48. The highest BCUT2D eigenvalue weighted by molar-refractivity contribution is 5.99. The maximum Gasteiger partial charge on any atom is 0.357 e. The smallest absolute Gasteiger partial charge is 0.357 e. The van der Waals surface area contributed by atoms with Crippen molar-refractivity contribution in [3.63, 3.8) is 0 Å². The van der Waals surface area contributed by atoms with Gasteiger partial charge >= 0.3 is 5.97 Å². The van der Waals surface area contributed by atoms with Crippen LogP contribution in [0.2, 0.25) is 0 Å². The molecule has 0 radical (unpaired) electrons. The highest BCUT2D eigenvalue weighted by Gasteiger charge is 2.20. The molecule has 0 aliphatic carbocycles. The molecule has 19 heavy (non-hydrogen) atoms. The van der Waals surface area contributed by atoms with Crippen LogP contribution in [0.1, 0.15) is 23.3 Å². The van der Waals surface area contributed by atoms with Crippen LogP contribution in [-0.2, 0) is 11.3 Å². The molecule has 1 aliphatic rings. The Balaban J connectivity index is 1.96. The zero-order valence-corrected chi connectivity index (χ0v) is 10.5. The van der Waals surface area contributed by atoms with E-state index in [-0.39, 0.29) is 5.69 Å².